The highest BCUT2D eigenvalue weighted by Crippen LogP contribution is 2.39. The first-order valence-electron chi connectivity index (χ1n) is 10.3. The van der Waals surface area contributed by atoms with Crippen molar-refractivity contribution in [3.05, 3.63) is 75.3 Å². The number of benzene rings is 1. The van der Waals surface area contributed by atoms with E-state index in [1.807, 2.05) is 24.3 Å². The molecule has 0 amide bonds. The second kappa shape index (κ2) is 7.13. The van der Waals surface area contributed by atoms with Crippen molar-refractivity contribution in [1.29, 1.82) is 0 Å². The maximum absolute atomic E-state index is 13.4. The molecule has 1 aromatic carbocycles. The molecule has 0 spiro atoms. The van der Waals surface area contributed by atoms with E-state index in [1.165, 1.54) is 0 Å². The fraction of sp³-hybridized carbons (Fsp3) is 0.250. The Bertz CT molecular complexity index is 1400. The van der Waals surface area contributed by atoms with E-state index >= 15 is 0 Å². The maximum atomic E-state index is 13.4. The quantitative estimate of drug-likeness (QED) is 0.231. The van der Waals surface area contributed by atoms with E-state index < -0.39 is 11.6 Å². The molecule has 8 nitrogen and oxygen atoms in total. The minimum Gasteiger partial charge on any atom is -0.458 e. The van der Waals surface area contributed by atoms with Gasteiger partial charge >= 0.3 is 5.97 Å². The molecule has 2 aliphatic heterocycles. The lowest BCUT2D eigenvalue weighted by molar-refractivity contribution is -0.172. The molecule has 2 aromatic heterocycles. The van der Waals surface area contributed by atoms with Gasteiger partial charge in [0.05, 0.1) is 35.2 Å². The molecule has 0 saturated carbocycles. The number of rotatable bonds is 4. The van der Waals surface area contributed by atoms with Gasteiger partial charge in [0, 0.05) is 22.1 Å². The predicted molar refractivity (Wildman–Crippen MR) is 118 cm³/mol. The van der Waals surface area contributed by atoms with Crippen LogP contribution in [0.15, 0.2) is 52.6 Å². The second-order valence-electron chi connectivity index (χ2n) is 8.00. The van der Waals surface area contributed by atoms with Gasteiger partial charge in [-0.1, -0.05) is 36.9 Å². The number of pyridine rings is 2. The van der Waals surface area contributed by atoms with Crippen molar-refractivity contribution >= 4 is 23.1 Å². The van der Waals surface area contributed by atoms with Crippen LogP contribution in [0.25, 0.3) is 22.3 Å². The number of hydrogen-bond acceptors (Lipinski definition) is 7. The Kier molecular flexibility index (Phi) is 4.49. The van der Waals surface area contributed by atoms with Crippen molar-refractivity contribution in [3.63, 3.8) is 0 Å². The largest absolute Gasteiger partial charge is 0.458 e. The average Bonchev–Trinajstić information content (AvgIpc) is 3.15. The number of hydrogen-bond donors (Lipinski definition) is 1. The van der Waals surface area contributed by atoms with Crippen LogP contribution in [-0.2, 0) is 33.1 Å². The third kappa shape index (κ3) is 2.80. The molecule has 162 valence electrons. The lowest BCUT2D eigenvalue weighted by Crippen LogP contribution is -2.44. The highest BCUT2D eigenvalue weighted by molar-refractivity contribution is 6.02. The number of oxime groups is 1. The van der Waals surface area contributed by atoms with Crippen molar-refractivity contribution in [2.45, 2.75) is 39.0 Å². The van der Waals surface area contributed by atoms with Gasteiger partial charge in [-0.25, -0.2) is 9.78 Å². The number of fused-ring (bicyclic) bond motifs is 5. The topological polar surface area (TPSA) is 103 Å². The van der Waals surface area contributed by atoms with Crippen LogP contribution in [0.1, 0.15) is 42.5 Å². The molecule has 0 radical (unpaired) electrons. The Morgan fingerprint density at radius 2 is 2.16 bits per heavy atom. The van der Waals surface area contributed by atoms with E-state index in [0.717, 1.165) is 22.0 Å². The first-order valence-corrected chi connectivity index (χ1v) is 10.3. The molecule has 2 aliphatic rings. The molecule has 4 heterocycles. The highest BCUT2D eigenvalue weighted by atomic mass is 16.6. The van der Waals surface area contributed by atoms with E-state index in [9.17, 15) is 14.7 Å². The van der Waals surface area contributed by atoms with Gasteiger partial charge in [0.15, 0.2) is 5.60 Å². The third-order valence-electron chi connectivity index (χ3n) is 6.03. The Hall–Kier alpha value is -3.78. The van der Waals surface area contributed by atoms with Gasteiger partial charge in [0.25, 0.3) is 5.56 Å². The fourth-order valence-electron chi connectivity index (χ4n) is 4.38. The first kappa shape index (κ1) is 20.1. The summed E-state index contributed by atoms with van der Waals surface area (Å²) < 4.78 is 6.73. The summed E-state index contributed by atoms with van der Waals surface area (Å²) in [6.07, 6.45) is 1.69. The van der Waals surface area contributed by atoms with Crippen molar-refractivity contribution in [3.8, 4) is 11.4 Å². The number of carbonyl (C=O) groups excluding carboxylic acids is 1. The highest BCUT2D eigenvalue weighted by Gasteiger charge is 2.45. The second-order valence-corrected chi connectivity index (χ2v) is 8.00. The number of carbonyl (C=O) groups is 1. The van der Waals surface area contributed by atoms with Gasteiger partial charge in [0.2, 0.25) is 0 Å². The minimum absolute atomic E-state index is 0.0931. The zero-order valence-corrected chi connectivity index (χ0v) is 17.7. The van der Waals surface area contributed by atoms with Crippen molar-refractivity contribution in [2.24, 2.45) is 5.16 Å². The van der Waals surface area contributed by atoms with Gasteiger partial charge in [-0.2, -0.15) is 0 Å². The summed E-state index contributed by atoms with van der Waals surface area (Å²) in [4.78, 5) is 35.7. The molecule has 0 unspecified atom stereocenters. The molecular formula is C24H21N3O5. The molecule has 8 heteroatoms. The minimum atomic E-state index is -1.86. The lowest BCUT2D eigenvalue weighted by Gasteiger charge is -2.31. The summed E-state index contributed by atoms with van der Waals surface area (Å²) in [7, 11) is 0. The molecule has 0 aliphatic carbocycles. The first-order chi connectivity index (χ1) is 15.3. The van der Waals surface area contributed by atoms with E-state index in [2.05, 4.69) is 11.7 Å². The van der Waals surface area contributed by atoms with Crippen LogP contribution in [0.3, 0.4) is 0 Å². The van der Waals surface area contributed by atoms with E-state index in [1.54, 1.807) is 30.7 Å². The zero-order chi connectivity index (χ0) is 22.6. The molecule has 0 bridgehead atoms. The summed E-state index contributed by atoms with van der Waals surface area (Å²) in [6.45, 7) is 7.17. The van der Waals surface area contributed by atoms with Crippen LogP contribution in [0, 0.1) is 0 Å². The van der Waals surface area contributed by atoms with Crippen LogP contribution >= 0.6 is 0 Å². The molecule has 0 saturated heterocycles. The number of nitrogens with zero attached hydrogens (tertiary/aromatic N) is 3. The Morgan fingerprint density at radius 1 is 1.38 bits per heavy atom. The number of ether oxygens (including phenoxy) is 1. The molecule has 5 rings (SSSR count). The van der Waals surface area contributed by atoms with Gasteiger partial charge < -0.3 is 19.2 Å². The normalized spacial score (nSPS) is 18.9. The van der Waals surface area contributed by atoms with E-state index in [4.69, 9.17) is 14.6 Å². The number of cyclic esters (lactones) is 1. The molecule has 3 aromatic rings. The van der Waals surface area contributed by atoms with Crippen molar-refractivity contribution in [1.82, 2.24) is 9.55 Å². The monoisotopic (exact) mass is 431 g/mol. The van der Waals surface area contributed by atoms with Gasteiger partial charge in [-0.3, -0.25) is 4.79 Å². The van der Waals surface area contributed by atoms with Gasteiger partial charge in [-0.05, 0) is 25.5 Å². The number of aromatic nitrogens is 2. The van der Waals surface area contributed by atoms with Crippen LogP contribution in [0.4, 0.5) is 0 Å². The third-order valence-corrected chi connectivity index (χ3v) is 6.03. The van der Waals surface area contributed by atoms with Crippen LogP contribution in [0.5, 0.6) is 0 Å². The van der Waals surface area contributed by atoms with E-state index in [0.29, 0.717) is 17.1 Å². The Labute approximate surface area is 183 Å². The summed E-state index contributed by atoms with van der Waals surface area (Å²) in [5.74, 6) is -0.293. The standard InChI is InChI=1S/C24H21N3O5/c1-4-24(30)18-9-20-21-16(11-27(20)22(28)17(18)12-31-23(24)29)15(10-25-32-13(2)3)14-7-5-6-8-19(14)26-21/h5-10,30H,2,4,11-12H2,1,3H3/b25-10+/t24-/m0/s1. The summed E-state index contributed by atoms with van der Waals surface area (Å²) >= 11 is 0. The van der Waals surface area contributed by atoms with Crippen LogP contribution in [0.2, 0.25) is 0 Å². The molecule has 1 N–H and O–H groups in total. The fourth-order valence-corrected chi connectivity index (χ4v) is 4.38. The SMILES string of the molecule is C=C(C)O/N=C/c1c2c(nc3ccccc13)-c1cc3c(c(=O)n1C2)COC(=O)[C@]3(O)CC. The maximum Gasteiger partial charge on any atom is 0.343 e. The molecular weight excluding hydrogens is 410 g/mol. The molecule has 1 atom stereocenters. The number of allylic oxidation sites excluding steroid dienone is 1. The number of aliphatic hydroxyl groups is 1. The summed E-state index contributed by atoms with van der Waals surface area (Å²) in [5.41, 5.74) is 1.89. The molecule has 0 fully saturated rings. The van der Waals surface area contributed by atoms with E-state index in [-0.39, 0.29) is 36.3 Å². The number of esters is 1. The van der Waals surface area contributed by atoms with Crippen molar-refractivity contribution in [2.75, 3.05) is 0 Å². The van der Waals surface area contributed by atoms with Crippen LogP contribution in [-0.4, -0.2) is 26.8 Å². The van der Waals surface area contributed by atoms with Crippen molar-refractivity contribution < 1.29 is 19.5 Å². The predicted octanol–water partition coefficient (Wildman–Crippen LogP) is 2.96. The molecule has 32 heavy (non-hydrogen) atoms. The zero-order valence-electron chi connectivity index (χ0n) is 17.7. The number of para-hydroxylation sites is 1. The average molecular weight is 431 g/mol. The Balaban J connectivity index is 1.78. The Morgan fingerprint density at radius 3 is 2.91 bits per heavy atom. The lowest BCUT2D eigenvalue weighted by atomic mass is 9.86. The van der Waals surface area contributed by atoms with Gasteiger partial charge in [-0.15, -0.1) is 0 Å². The smallest absolute Gasteiger partial charge is 0.343 e. The summed E-state index contributed by atoms with van der Waals surface area (Å²) in [6, 6.07) is 9.30. The van der Waals surface area contributed by atoms with Crippen LogP contribution < -0.4 is 5.56 Å². The summed E-state index contributed by atoms with van der Waals surface area (Å²) in [5, 5.41) is 15.9. The van der Waals surface area contributed by atoms with Gasteiger partial charge in [0.1, 0.15) is 12.4 Å².